The highest BCUT2D eigenvalue weighted by atomic mass is 35.5. The lowest BCUT2D eigenvalue weighted by Crippen LogP contribution is -2.28. The quantitative estimate of drug-likeness (QED) is 0.495. The van der Waals surface area contributed by atoms with Crippen LogP contribution in [-0.4, -0.2) is 34.9 Å². The largest absolute Gasteiger partial charge is 0.331 e. The van der Waals surface area contributed by atoms with Gasteiger partial charge in [-0.15, -0.1) is 0 Å². The third kappa shape index (κ3) is 2.91. The van der Waals surface area contributed by atoms with E-state index in [1.807, 2.05) is 11.8 Å². The molecule has 1 rings (SSSR count). The Kier molecular flexibility index (Phi) is 3.52. The van der Waals surface area contributed by atoms with Crippen LogP contribution < -0.4 is 0 Å². The molecule has 1 heterocycles. The second-order valence-corrected chi connectivity index (χ2v) is 4.50. The summed E-state index contributed by atoms with van der Waals surface area (Å²) in [5, 5.41) is 0.264. The zero-order chi connectivity index (χ0) is 8.27. The van der Waals surface area contributed by atoms with Gasteiger partial charge in [0.2, 0.25) is 0 Å². The number of carbonyl (C=O) groups is 1. The van der Waals surface area contributed by atoms with Crippen LogP contribution in [0, 0.1) is 0 Å². The van der Waals surface area contributed by atoms with E-state index in [1.54, 1.807) is 11.9 Å². The molecule has 11 heavy (non-hydrogen) atoms. The van der Waals surface area contributed by atoms with Crippen molar-refractivity contribution in [2.45, 2.75) is 18.1 Å². The van der Waals surface area contributed by atoms with Crippen LogP contribution in [0.4, 0.5) is 4.79 Å². The van der Waals surface area contributed by atoms with Gasteiger partial charge < -0.3 is 4.90 Å². The molecular formula is C7H12ClNOS. The molecule has 1 fully saturated rings. The number of thioether (sulfide) groups is 1. The summed E-state index contributed by atoms with van der Waals surface area (Å²) in [6, 6.07) is 0. The fourth-order valence-corrected chi connectivity index (χ4v) is 2.56. The molecule has 0 aliphatic carbocycles. The number of rotatable bonds is 2. The number of hydrogen-bond acceptors (Lipinski definition) is 2. The summed E-state index contributed by atoms with van der Waals surface area (Å²) >= 11 is 7.22. The van der Waals surface area contributed by atoms with E-state index in [-0.39, 0.29) is 5.37 Å². The topological polar surface area (TPSA) is 20.3 Å². The Labute approximate surface area is 76.3 Å². The van der Waals surface area contributed by atoms with Gasteiger partial charge in [0.15, 0.2) is 0 Å². The number of nitrogens with zero attached hydrogens (tertiary/aromatic N) is 1. The first kappa shape index (κ1) is 9.20. The predicted molar refractivity (Wildman–Crippen MR) is 49.4 cm³/mol. The Balaban J connectivity index is 2.23. The highest BCUT2D eigenvalue weighted by Crippen LogP contribution is 2.26. The summed E-state index contributed by atoms with van der Waals surface area (Å²) in [4.78, 5) is 12.2. The van der Waals surface area contributed by atoms with Gasteiger partial charge in [0.05, 0.1) is 0 Å². The second kappa shape index (κ2) is 4.21. The van der Waals surface area contributed by atoms with Gasteiger partial charge in [0, 0.05) is 18.8 Å². The molecular weight excluding hydrogens is 182 g/mol. The average Bonchev–Trinajstić information content (AvgIpc) is 2.39. The van der Waals surface area contributed by atoms with Crippen molar-refractivity contribution >= 4 is 28.7 Å². The van der Waals surface area contributed by atoms with E-state index in [2.05, 4.69) is 0 Å². The van der Waals surface area contributed by atoms with E-state index in [4.69, 9.17) is 11.6 Å². The van der Waals surface area contributed by atoms with Crippen LogP contribution >= 0.6 is 23.4 Å². The zero-order valence-electron chi connectivity index (χ0n) is 6.55. The molecule has 0 aromatic carbocycles. The summed E-state index contributed by atoms with van der Waals surface area (Å²) in [7, 11) is 1.74. The van der Waals surface area contributed by atoms with Crippen molar-refractivity contribution in [1.29, 1.82) is 0 Å². The lowest BCUT2D eigenvalue weighted by Gasteiger charge is -2.16. The van der Waals surface area contributed by atoms with Crippen molar-refractivity contribution in [2.75, 3.05) is 19.3 Å². The number of carbonyl (C=O) groups excluding carboxylic acids is 1. The maximum absolute atomic E-state index is 10.6. The summed E-state index contributed by atoms with van der Waals surface area (Å²) < 4.78 is 0. The van der Waals surface area contributed by atoms with Crippen molar-refractivity contribution in [3.63, 3.8) is 0 Å². The molecule has 0 aromatic heterocycles. The third-order valence-electron chi connectivity index (χ3n) is 1.80. The van der Waals surface area contributed by atoms with Crippen molar-refractivity contribution in [2.24, 2.45) is 0 Å². The lowest BCUT2D eigenvalue weighted by atomic mass is 10.2. The molecule has 1 aliphatic rings. The van der Waals surface area contributed by atoms with Gasteiger partial charge in [-0.05, 0) is 30.2 Å². The highest BCUT2D eigenvalue weighted by Gasteiger charge is 2.18. The Bertz CT molecular complexity index is 147. The molecule has 1 unspecified atom stereocenters. The molecule has 0 radical (unpaired) electrons. The Morgan fingerprint density at radius 1 is 1.82 bits per heavy atom. The maximum Gasteiger partial charge on any atom is 0.316 e. The summed E-state index contributed by atoms with van der Waals surface area (Å²) in [6.45, 7) is 0.799. The first-order valence-corrected chi connectivity index (χ1v) is 5.15. The number of hydrogen-bond donors (Lipinski definition) is 0. The molecule has 4 heteroatoms. The molecule has 1 atom stereocenters. The Morgan fingerprint density at radius 2 is 2.55 bits per heavy atom. The molecule has 1 saturated heterocycles. The van der Waals surface area contributed by atoms with E-state index >= 15 is 0 Å². The van der Waals surface area contributed by atoms with Crippen molar-refractivity contribution in [3.8, 4) is 0 Å². The molecule has 0 aromatic rings. The van der Waals surface area contributed by atoms with Crippen LogP contribution in [0.15, 0.2) is 0 Å². The fraction of sp³-hybridized carbons (Fsp3) is 0.857. The highest BCUT2D eigenvalue weighted by molar-refractivity contribution is 8.00. The van der Waals surface area contributed by atoms with Crippen LogP contribution in [0.5, 0.6) is 0 Å². The van der Waals surface area contributed by atoms with Crippen LogP contribution in [0.2, 0.25) is 0 Å². The summed E-state index contributed by atoms with van der Waals surface area (Å²) in [6.07, 6.45) is 2.50. The average molecular weight is 194 g/mol. The second-order valence-electron chi connectivity index (χ2n) is 2.77. The summed E-state index contributed by atoms with van der Waals surface area (Å²) in [5.41, 5.74) is 0. The van der Waals surface area contributed by atoms with Gasteiger partial charge in [-0.25, -0.2) is 0 Å². The molecule has 0 saturated carbocycles. The van der Waals surface area contributed by atoms with E-state index in [9.17, 15) is 4.79 Å². The van der Waals surface area contributed by atoms with E-state index in [1.165, 1.54) is 18.6 Å². The van der Waals surface area contributed by atoms with Crippen LogP contribution in [-0.2, 0) is 0 Å². The minimum absolute atomic E-state index is 0.350. The fourth-order valence-electron chi connectivity index (χ4n) is 1.17. The van der Waals surface area contributed by atoms with E-state index in [0.29, 0.717) is 5.25 Å². The molecule has 0 spiro atoms. The molecule has 64 valence electrons. The van der Waals surface area contributed by atoms with Crippen LogP contribution in [0.25, 0.3) is 0 Å². The molecule has 1 amide bonds. The van der Waals surface area contributed by atoms with Gasteiger partial charge in [-0.2, -0.15) is 11.8 Å². The number of amides is 1. The van der Waals surface area contributed by atoms with Gasteiger partial charge in [0.1, 0.15) is 0 Å². The normalized spacial score (nSPS) is 23.6. The molecule has 0 bridgehead atoms. The molecule has 2 nitrogen and oxygen atoms in total. The van der Waals surface area contributed by atoms with Gasteiger partial charge >= 0.3 is 5.37 Å². The Morgan fingerprint density at radius 3 is 3.00 bits per heavy atom. The minimum Gasteiger partial charge on any atom is -0.331 e. The van der Waals surface area contributed by atoms with E-state index in [0.717, 1.165) is 6.54 Å². The smallest absolute Gasteiger partial charge is 0.316 e. The van der Waals surface area contributed by atoms with Gasteiger partial charge in [-0.3, -0.25) is 4.79 Å². The Hall–Kier alpha value is 0.110. The lowest BCUT2D eigenvalue weighted by molar-refractivity contribution is 0.232. The zero-order valence-corrected chi connectivity index (χ0v) is 8.12. The minimum atomic E-state index is -0.350. The van der Waals surface area contributed by atoms with E-state index < -0.39 is 0 Å². The predicted octanol–water partition coefficient (Wildman–Crippen LogP) is 2.17. The van der Waals surface area contributed by atoms with Crippen molar-refractivity contribution < 1.29 is 4.79 Å². The van der Waals surface area contributed by atoms with Crippen LogP contribution in [0.3, 0.4) is 0 Å². The first-order chi connectivity index (χ1) is 5.20. The molecule has 0 N–H and O–H groups in total. The van der Waals surface area contributed by atoms with Gasteiger partial charge in [-0.1, -0.05) is 0 Å². The van der Waals surface area contributed by atoms with Crippen molar-refractivity contribution in [3.05, 3.63) is 0 Å². The standard InChI is InChI=1S/C7H12ClNOS/c1-9(7(8)10)5-6-3-2-4-11-6/h6H,2-5H2,1H3. The SMILES string of the molecule is CN(CC1CCCS1)C(=O)Cl. The molecule has 1 aliphatic heterocycles. The van der Waals surface area contributed by atoms with Crippen LogP contribution in [0.1, 0.15) is 12.8 Å². The monoisotopic (exact) mass is 193 g/mol. The third-order valence-corrected chi connectivity index (χ3v) is 3.47. The maximum atomic E-state index is 10.6. The summed E-state index contributed by atoms with van der Waals surface area (Å²) in [5.74, 6) is 1.23. The van der Waals surface area contributed by atoms with Gasteiger partial charge in [0.25, 0.3) is 0 Å². The van der Waals surface area contributed by atoms with Crippen molar-refractivity contribution in [1.82, 2.24) is 4.90 Å². The first-order valence-electron chi connectivity index (χ1n) is 3.72. The number of halogens is 1.